The standard InChI is InChI=1S/C10H7N5O2/c1-7-10(6-11)12-13-14(7)8-3-2-4-9(5-8)15(16)17/h2-5H,1H3. The first-order valence-electron chi connectivity index (χ1n) is 4.70. The number of non-ortho nitro benzene ring substituents is 1. The number of nitrogens with zero attached hydrogens (tertiary/aromatic N) is 5. The fourth-order valence-corrected chi connectivity index (χ4v) is 1.42. The molecule has 0 atom stereocenters. The van der Waals surface area contributed by atoms with Gasteiger partial charge < -0.3 is 0 Å². The van der Waals surface area contributed by atoms with Gasteiger partial charge in [-0.25, -0.2) is 4.68 Å². The average molecular weight is 229 g/mol. The van der Waals surface area contributed by atoms with E-state index in [4.69, 9.17) is 5.26 Å². The van der Waals surface area contributed by atoms with Gasteiger partial charge in [-0.05, 0) is 13.0 Å². The molecule has 0 aliphatic heterocycles. The van der Waals surface area contributed by atoms with Gasteiger partial charge in [0.2, 0.25) is 0 Å². The van der Waals surface area contributed by atoms with E-state index in [1.54, 1.807) is 19.1 Å². The van der Waals surface area contributed by atoms with E-state index in [9.17, 15) is 10.1 Å². The zero-order chi connectivity index (χ0) is 12.4. The van der Waals surface area contributed by atoms with Crippen LogP contribution in [-0.4, -0.2) is 19.9 Å². The second-order valence-corrected chi connectivity index (χ2v) is 3.32. The van der Waals surface area contributed by atoms with Gasteiger partial charge in [0, 0.05) is 12.1 Å². The van der Waals surface area contributed by atoms with E-state index in [2.05, 4.69) is 10.3 Å². The third-order valence-electron chi connectivity index (χ3n) is 2.29. The number of nitriles is 1. The van der Waals surface area contributed by atoms with Crippen LogP contribution < -0.4 is 0 Å². The van der Waals surface area contributed by atoms with Crippen LogP contribution in [0.1, 0.15) is 11.4 Å². The molecular formula is C10H7N5O2. The normalized spacial score (nSPS) is 9.88. The minimum Gasteiger partial charge on any atom is -0.258 e. The van der Waals surface area contributed by atoms with Gasteiger partial charge in [-0.1, -0.05) is 11.3 Å². The van der Waals surface area contributed by atoms with Crippen molar-refractivity contribution in [3.05, 3.63) is 45.8 Å². The van der Waals surface area contributed by atoms with Crippen molar-refractivity contribution in [3.63, 3.8) is 0 Å². The summed E-state index contributed by atoms with van der Waals surface area (Å²) in [5, 5.41) is 26.8. The number of hydrogen-bond acceptors (Lipinski definition) is 5. The Hall–Kier alpha value is -2.75. The summed E-state index contributed by atoms with van der Waals surface area (Å²) in [4.78, 5) is 10.2. The largest absolute Gasteiger partial charge is 0.271 e. The Labute approximate surface area is 96.1 Å². The summed E-state index contributed by atoms with van der Waals surface area (Å²) in [6, 6.07) is 7.88. The van der Waals surface area contributed by atoms with Crippen LogP contribution in [-0.2, 0) is 0 Å². The monoisotopic (exact) mass is 229 g/mol. The highest BCUT2D eigenvalue weighted by Gasteiger charge is 2.12. The van der Waals surface area contributed by atoms with Crippen LogP contribution in [0.4, 0.5) is 5.69 Å². The maximum absolute atomic E-state index is 10.6. The van der Waals surface area contributed by atoms with Crippen LogP contribution >= 0.6 is 0 Å². The Morgan fingerprint density at radius 2 is 2.29 bits per heavy atom. The summed E-state index contributed by atoms with van der Waals surface area (Å²) in [5.74, 6) is 0. The van der Waals surface area contributed by atoms with E-state index < -0.39 is 4.92 Å². The predicted octanol–water partition coefficient (Wildman–Crippen LogP) is 1.36. The molecule has 0 saturated carbocycles. The van der Waals surface area contributed by atoms with Crippen molar-refractivity contribution in [2.45, 2.75) is 6.92 Å². The lowest BCUT2D eigenvalue weighted by Crippen LogP contribution is -2.00. The lowest BCUT2D eigenvalue weighted by atomic mass is 10.2. The lowest BCUT2D eigenvalue weighted by Gasteiger charge is -2.01. The second kappa shape index (κ2) is 4.02. The number of nitro groups is 1. The van der Waals surface area contributed by atoms with Gasteiger partial charge in [-0.3, -0.25) is 10.1 Å². The van der Waals surface area contributed by atoms with Crippen LogP contribution in [0.2, 0.25) is 0 Å². The van der Waals surface area contributed by atoms with Crippen LogP contribution in [0, 0.1) is 28.4 Å². The second-order valence-electron chi connectivity index (χ2n) is 3.32. The molecule has 0 fully saturated rings. The number of rotatable bonds is 2. The smallest absolute Gasteiger partial charge is 0.258 e. The molecule has 7 nitrogen and oxygen atoms in total. The van der Waals surface area contributed by atoms with Gasteiger partial charge in [0.15, 0.2) is 5.69 Å². The quantitative estimate of drug-likeness (QED) is 0.571. The van der Waals surface area contributed by atoms with Crippen LogP contribution in [0.3, 0.4) is 0 Å². The van der Waals surface area contributed by atoms with Crippen LogP contribution in [0.15, 0.2) is 24.3 Å². The number of nitro benzene ring substituents is 1. The average Bonchev–Trinajstić information content (AvgIpc) is 2.70. The van der Waals surface area contributed by atoms with E-state index in [-0.39, 0.29) is 11.4 Å². The summed E-state index contributed by atoms with van der Waals surface area (Å²) < 4.78 is 1.39. The predicted molar refractivity (Wildman–Crippen MR) is 57.5 cm³/mol. The van der Waals surface area contributed by atoms with Gasteiger partial charge >= 0.3 is 0 Å². The van der Waals surface area contributed by atoms with Crippen molar-refractivity contribution in [1.29, 1.82) is 5.26 Å². The molecular weight excluding hydrogens is 222 g/mol. The molecule has 0 bridgehead atoms. The molecule has 2 aromatic rings. The van der Waals surface area contributed by atoms with Gasteiger partial charge in [-0.2, -0.15) is 5.26 Å². The van der Waals surface area contributed by atoms with E-state index in [0.29, 0.717) is 11.4 Å². The molecule has 0 amide bonds. The number of aromatic nitrogens is 3. The molecule has 0 aliphatic rings. The van der Waals surface area contributed by atoms with Crippen molar-refractivity contribution in [3.8, 4) is 11.8 Å². The number of benzene rings is 1. The topological polar surface area (TPSA) is 97.6 Å². The first-order valence-corrected chi connectivity index (χ1v) is 4.70. The molecule has 0 unspecified atom stereocenters. The molecule has 0 aliphatic carbocycles. The zero-order valence-corrected chi connectivity index (χ0v) is 8.86. The fraction of sp³-hybridized carbons (Fsp3) is 0.100. The Bertz CT molecular complexity index is 626. The van der Waals surface area contributed by atoms with Crippen molar-refractivity contribution >= 4 is 5.69 Å². The van der Waals surface area contributed by atoms with Crippen LogP contribution in [0.25, 0.3) is 5.69 Å². The van der Waals surface area contributed by atoms with Gasteiger partial charge in [0.1, 0.15) is 6.07 Å². The lowest BCUT2D eigenvalue weighted by molar-refractivity contribution is -0.384. The SMILES string of the molecule is Cc1c(C#N)nnn1-c1cccc([N+](=O)[O-])c1. The maximum Gasteiger partial charge on any atom is 0.271 e. The molecule has 17 heavy (non-hydrogen) atoms. The first kappa shape index (κ1) is 10.8. The highest BCUT2D eigenvalue weighted by atomic mass is 16.6. The summed E-state index contributed by atoms with van der Waals surface area (Å²) in [5.41, 5.74) is 1.23. The Kier molecular flexibility index (Phi) is 2.54. The molecule has 0 saturated heterocycles. The molecule has 0 N–H and O–H groups in total. The van der Waals surface area contributed by atoms with Crippen LogP contribution in [0.5, 0.6) is 0 Å². The highest BCUT2D eigenvalue weighted by Crippen LogP contribution is 2.17. The third-order valence-corrected chi connectivity index (χ3v) is 2.29. The van der Waals surface area contributed by atoms with Gasteiger partial charge in [0.25, 0.3) is 5.69 Å². The highest BCUT2D eigenvalue weighted by molar-refractivity contribution is 5.44. The van der Waals surface area contributed by atoms with E-state index in [1.807, 2.05) is 6.07 Å². The summed E-state index contributed by atoms with van der Waals surface area (Å²) in [6.45, 7) is 1.68. The minimum absolute atomic E-state index is 0.0316. The summed E-state index contributed by atoms with van der Waals surface area (Å²) in [7, 11) is 0. The number of hydrogen-bond donors (Lipinski definition) is 0. The third kappa shape index (κ3) is 1.83. The summed E-state index contributed by atoms with van der Waals surface area (Å²) >= 11 is 0. The molecule has 7 heteroatoms. The molecule has 1 heterocycles. The zero-order valence-electron chi connectivity index (χ0n) is 8.86. The molecule has 0 spiro atoms. The fourth-order valence-electron chi connectivity index (χ4n) is 1.42. The van der Waals surface area contributed by atoms with Crippen molar-refractivity contribution < 1.29 is 4.92 Å². The van der Waals surface area contributed by atoms with Gasteiger partial charge in [-0.15, -0.1) is 5.10 Å². The van der Waals surface area contributed by atoms with Crippen molar-refractivity contribution in [1.82, 2.24) is 15.0 Å². The molecule has 0 radical (unpaired) electrons. The molecule has 1 aromatic carbocycles. The van der Waals surface area contributed by atoms with Gasteiger partial charge in [0.05, 0.1) is 16.3 Å². The Morgan fingerprint density at radius 1 is 1.53 bits per heavy atom. The minimum atomic E-state index is -0.485. The van der Waals surface area contributed by atoms with E-state index in [1.165, 1.54) is 16.8 Å². The van der Waals surface area contributed by atoms with E-state index in [0.717, 1.165) is 0 Å². The van der Waals surface area contributed by atoms with Crippen molar-refractivity contribution in [2.75, 3.05) is 0 Å². The molecule has 84 valence electrons. The molecule has 1 aromatic heterocycles. The first-order chi connectivity index (χ1) is 8.13. The maximum atomic E-state index is 10.6. The molecule has 2 rings (SSSR count). The summed E-state index contributed by atoms with van der Waals surface area (Å²) in [6.07, 6.45) is 0. The van der Waals surface area contributed by atoms with E-state index >= 15 is 0 Å². The Balaban J connectivity index is 2.54. The van der Waals surface area contributed by atoms with Crippen molar-refractivity contribution in [2.24, 2.45) is 0 Å². The Morgan fingerprint density at radius 3 is 2.88 bits per heavy atom.